The number of nitrogens with one attached hydrogen (secondary N) is 2. The molecule has 1 unspecified atom stereocenters. The topological polar surface area (TPSA) is 123 Å². The van der Waals surface area contributed by atoms with Crippen molar-refractivity contribution in [2.45, 2.75) is 44.9 Å². The third-order valence-corrected chi connectivity index (χ3v) is 7.42. The van der Waals surface area contributed by atoms with Crippen LogP contribution in [0.3, 0.4) is 0 Å². The number of carbonyl (C=O) groups is 2. The smallest absolute Gasteiger partial charge is 0.251 e. The van der Waals surface area contributed by atoms with Crippen LogP contribution in [0.4, 0.5) is 11.6 Å². The number of pyridine rings is 3. The van der Waals surface area contributed by atoms with E-state index >= 15 is 0 Å². The maximum Gasteiger partial charge on any atom is 0.251 e. The summed E-state index contributed by atoms with van der Waals surface area (Å²) in [7, 11) is 1.59. The molecule has 0 aromatic carbocycles. The summed E-state index contributed by atoms with van der Waals surface area (Å²) < 4.78 is 14.1. The molecule has 2 bridgehead atoms. The number of hydrogen-bond acceptors (Lipinski definition) is 8. The van der Waals surface area contributed by atoms with Gasteiger partial charge in [0.25, 0.3) is 5.91 Å². The zero-order chi connectivity index (χ0) is 27.8. The Bertz CT molecular complexity index is 1570. The van der Waals surface area contributed by atoms with Crippen LogP contribution in [0.15, 0.2) is 55.0 Å². The normalized spacial score (nSPS) is 20.3. The number of aromatic nitrogens is 4. The van der Waals surface area contributed by atoms with Gasteiger partial charge in [-0.2, -0.15) is 5.10 Å². The van der Waals surface area contributed by atoms with Gasteiger partial charge in [0.1, 0.15) is 17.7 Å². The predicted molar refractivity (Wildman–Crippen MR) is 149 cm³/mol. The number of piperidine rings is 1. The first-order valence-corrected chi connectivity index (χ1v) is 13.3. The van der Waals surface area contributed by atoms with Crippen molar-refractivity contribution in [1.82, 2.24) is 29.8 Å². The van der Waals surface area contributed by atoms with Crippen molar-refractivity contribution in [3.8, 4) is 16.9 Å². The number of rotatable bonds is 6. The Morgan fingerprint density at radius 2 is 1.85 bits per heavy atom. The van der Waals surface area contributed by atoms with Gasteiger partial charge in [-0.3, -0.25) is 14.6 Å². The highest BCUT2D eigenvalue weighted by Gasteiger charge is 2.41. The lowest BCUT2D eigenvalue weighted by molar-refractivity contribution is -0.153. The number of carbonyl (C=O) groups excluding carboxylic acids is 2. The van der Waals surface area contributed by atoms with Crippen molar-refractivity contribution in [1.29, 1.82) is 0 Å². The molecule has 0 aliphatic carbocycles. The second kappa shape index (κ2) is 10.6. The lowest BCUT2D eigenvalue weighted by atomic mass is 9.91. The summed E-state index contributed by atoms with van der Waals surface area (Å²) in [5, 5.41) is 10.4. The fraction of sp³-hybridized carbons (Fsp3) is 0.345. The van der Waals surface area contributed by atoms with Gasteiger partial charge in [-0.1, -0.05) is 0 Å². The molecule has 2 amide bonds. The highest BCUT2D eigenvalue weighted by atomic mass is 16.5. The second-order valence-corrected chi connectivity index (χ2v) is 10.3. The van der Waals surface area contributed by atoms with E-state index in [-0.39, 0.29) is 30.0 Å². The number of anilines is 2. The number of ether oxygens (including phenoxy) is 2. The molecule has 4 aromatic heterocycles. The number of aryl methyl sites for hydroxylation is 1. The highest BCUT2D eigenvalue weighted by molar-refractivity contribution is 5.94. The molecule has 2 fully saturated rings. The summed E-state index contributed by atoms with van der Waals surface area (Å²) in [4.78, 5) is 35.0. The number of amides is 2. The molecule has 11 heteroatoms. The van der Waals surface area contributed by atoms with E-state index in [0.717, 1.165) is 35.2 Å². The summed E-state index contributed by atoms with van der Waals surface area (Å²) in [5.41, 5.74) is 4.20. The fourth-order valence-electron chi connectivity index (χ4n) is 5.66. The van der Waals surface area contributed by atoms with Gasteiger partial charge < -0.3 is 25.0 Å². The molecule has 206 valence electrons. The lowest BCUT2D eigenvalue weighted by Crippen LogP contribution is -2.60. The molecular formula is C29H31N7O4. The van der Waals surface area contributed by atoms with Crippen molar-refractivity contribution in [3.63, 3.8) is 0 Å². The minimum atomic E-state index is -0.184. The molecule has 2 aliphatic heterocycles. The molecule has 2 saturated heterocycles. The summed E-state index contributed by atoms with van der Waals surface area (Å²) in [5.74, 6) is 1.75. The molecule has 2 N–H and O–H groups in total. The summed E-state index contributed by atoms with van der Waals surface area (Å²) in [6.45, 7) is 4.66. The van der Waals surface area contributed by atoms with Gasteiger partial charge in [0.15, 0.2) is 5.82 Å². The Hall–Kier alpha value is -4.51. The summed E-state index contributed by atoms with van der Waals surface area (Å²) >= 11 is 0. The van der Waals surface area contributed by atoms with Crippen LogP contribution in [0.5, 0.6) is 5.75 Å². The van der Waals surface area contributed by atoms with E-state index in [9.17, 15) is 9.59 Å². The number of fused-ring (bicyclic) bond motifs is 3. The van der Waals surface area contributed by atoms with Gasteiger partial charge in [0.05, 0.1) is 37.0 Å². The summed E-state index contributed by atoms with van der Waals surface area (Å²) in [6.07, 6.45) is 6.66. The van der Waals surface area contributed by atoms with Crippen molar-refractivity contribution in [2.24, 2.45) is 0 Å². The molecule has 3 atom stereocenters. The SMILES string of the molecule is CNC(=O)c1ccnc(Nc2cc3cc(-c4cc(C)ncc4OC4C[C@H]5COC[C@@H](C4)N5C(C)=O)ccn3n2)c1. The molecule has 0 saturated carbocycles. The fourth-order valence-corrected chi connectivity index (χ4v) is 5.66. The van der Waals surface area contributed by atoms with Gasteiger partial charge >= 0.3 is 0 Å². The van der Waals surface area contributed by atoms with E-state index in [4.69, 9.17) is 9.47 Å². The maximum absolute atomic E-state index is 12.2. The Morgan fingerprint density at radius 3 is 2.60 bits per heavy atom. The Morgan fingerprint density at radius 1 is 1.05 bits per heavy atom. The predicted octanol–water partition coefficient (Wildman–Crippen LogP) is 3.36. The van der Waals surface area contributed by atoms with Crippen molar-refractivity contribution >= 4 is 29.0 Å². The monoisotopic (exact) mass is 541 g/mol. The first-order chi connectivity index (χ1) is 19.4. The lowest BCUT2D eigenvalue weighted by Gasteiger charge is -2.47. The second-order valence-electron chi connectivity index (χ2n) is 10.3. The van der Waals surface area contributed by atoms with Crippen LogP contribution >= 0.6 is 0 Å². The van der Waals surface area contributed by atoms with Crippen LogP contribution in [0.2, 0.25) is 0 Å². The highest BCUT2D eigenvalue weighted by Crippen LogP contribution is 2.36. The average Bonchev–Trinajstić information content (AvgIpc) is 3.34. The minimum Gasteiger partial charge on any atom is -0.488 e. The van der Waals surface area contributed by atoms with Gasteiger partial charge in [0.2, 0.25) is 5.91 Å². The molecule has 6 heterocycles. The number of morpholine rings is 1. The van der Waals surface area contributed by atoms with E-state index in [1.54, 1.807) is 43.0 Å². The van der Waals surface area contributed by atoms with Crippen LogP contribution in [0.25, 0.3) is 16.6 Å². The molecule has 6 rings (SSSR count). The van der Waals surface area contributed by atoms with E-state index in [0.29, 0.717) is 36.2 Å². The standard InChI is InChI=1S/C29H31N7O4/c1-17-8-25(26(14-32-17)40-24-11-22-15-39-16-23(12-24)36(22)18(2)37)19-5-7-35-21(9-19)13-28(34-35)33-27-10-20(4-6-31-27)29(38)30-3/h4-10,13-14,22-24H,11-12,15-16H2,1-3H3,(H,30,38)(H,31,33,34)/t22-,23+,24?. The van der Waals surface area contributed by atoms with Gasteiger partial charge in [-0.25, -0.2) is 9.50 Å². The van der Waals surface area contributed by atoms with E-state index < -0.39 is 0 Å². The van der Waals surface area contributed by atoms with Gasteiger partial charge in [-0.05, 0) is 42.8 Å². The maximum atomic E-state index is 12.2. The minimum absolute atomic E-state index is 0.0254. The Kier molecular flexibility index (Phi) is 6.81. The molecule has 11 nitrogen and oxygen atoms in total. The Labute approximate surface area is 231 Å². The Balaban J connectivity index is 1.25. The quantitative estimate of drug-likeness (QED) is 0.381. The van der Waals surface area contributed by atoms with Crippen LogP contribution in [0.1, 0.15) is 35.8 Å². The molecule has 0 spiro atoms. The van der Waals surface area contributed by atoms with E-state index in [2.05, 4.69) is 31.8 Å². The third kappa shape index (κ3) is 5.07. The average molecular weight is 542 g/mol. The molecule has 0 radical (unpaired) electrons. The summed E-state index contributed by atoms with van der Waals surface area (Å²) in [6, 6.07) is 11.4. The molecule has 40 heavy (non-hydrogen) atoms. The molecule has 2 aliphatic rings. The number of hydrogen-bond donors (Lipinski definition) is 2. The van der Waals surface area contributed by atoms with Crippen molar-refractivity contribution in [2.75, 3.05) is 25.6 Å². The zero-order valence-electron chi connectivity index (χ0n) is 22.6. The molecular weight excluding hydrogens is 510 g/mol. The van der Waals surface area contributed by atoms with Crippen molar-refractivity contribution in [3.05, 3.63) is 66.2 Å². The number of nitrogens with zero attached hydrogens (tertiary/aromatic N) is 5. The first-order valence-electron chi connectivity index (χ1n) is 13.3. The van der Waals surface area contributed by atoms with Crippen LogP contribution in [0, 0.1) is 6.92 Å². The first kappa shape index (κ1) is 25.8. The third-order valence-electron chi connectivity index (χ3n) is 7.42. The molecule has 4 aromatic rings. The van der Waals surface area contributed by atoms with E-state index in [1.807, 2.05) is 36.2 Å². The van der Waals surface area contributed by atoms with Crippen LogP contribution in [-0.4, -0.2) is 74.7 Å². The largest absolute Gasteiger partial charge is 0.488 e. The van der Waals surface area contributed by atoms with Gasteiger partial charge in [0, 0.05) is 62.1 Å². The van der Waals surface area contributed by atoms with Crippen LogP contribution in [-0.2, 0) is 9.53 Å². The van der Waals surface area contributed by atoms with Crippen LogP contribution < -0.4 is 15.4 Å². The zero-order valence-corrected chi connectivity index (χ0v) is 22.6. The van der Waals surface area contributed by atoms with E-state index in [1.165, 1.54) is 0 Å². The van der Waals surface area contributed by atoms with Crippen molar-refractivity contribution < 1.29 is 19.1 Å². The van der Waals surface area contributed by atoms with Gasteiger partial charge in [-0.15, -0.1) is 0 Å².